The van der Waals surface area contributed by atoms with Crippen LogP contribution in [0.2, 0.25) is 0 Å². The summed E-state index contributed by atoms with van der Waals surface area (Å²) in [6, 6.07) is 3.48. The van der Waals surface area contributed by atoms with Crippen LogP contribution in [-0.4, -0.2) is 46.0 Å². The van der Waals surface area contributed by atoms with Crippen molar-refractivity contribution in [2.24, 2.45) is 5.92 Å². The van der Waals surface area contributed by atoms with Gasteiger partial charge in [0.25, 0.3) is 0 Å². The summed E-state index contributed by atoms with van der Waals surface area (Å²) in [7, 11) is -0.959. The highest BCUT2D eigenvalue weighted by Crippen LogP contribution is 2.27. The first-order valence-corrected chi connectivity index (χ1v) is 13.4. The van der Waals surface area contributed by atoms with Crippen LogP contribution in [-0.2, 0) is 15.6 Å². The summed E-state index contributed by atoms with van der Waals surface area (Å²) in [6.07, 6.45) is 18.9. The van der Waals surface area contributed by atoms with Crippen LogP contribution in [0.25, 0.3) is 0 Å². The molecule has 1 unspecified atom stereocenters. The zero-order valence-corrected chi connectivity index (χ0v) is 19.8. The SMILES string of the molecule is C1CC1.CCOc1ccc(S(C)=O)cn1.O=C(CC1CCCCC1)N1CCCCC1. The Balaban J connectivity index is 0.000000191. The van der Waals surface area contributed by atoms with Crippen molar-refractivity contribution >= 4 is 16.7 Å². The van der Waals surface area contributed by atoms with Gasteiger partial charge in [-0.3, -0.25) is 9.00 Å². The van der Waals surface area contributed by atoms with Crippen molar-refractivity contribution in [3.05, 3.63) is 18.3 Å². The summed E-state index contributed by atoms with van der Waals surface area (Å²) in [5.41, 5.74) is 0. The number of ether oxygens (including phenoxy) is 1. The van der Waals surface area contributed by atoms with Gasteiger partial charge in [-0.1, -0.05) is 38.5 Å². The normalized spacial score (nSPS) is 19.5. The Hall–Kier alpha value is -1.43. The molecule has 1 atom stereocenters. The molecule has 2 saturated carbocycles. The Kier molecular flexibility index (Phi) is 12.0. The van der Waals surface area contributed by atoms with Gasteiger partial charge in [0.2, 0.25) is 11.8 Å². The third-order valence-corrected chi connectivity index (χ3v) is 6.49. The molecule has 1 aromatic rings. The van der Waals surface area contributed by atoms with Crippen LogP contribution in [0.15, 0.2) is 23.2 Å². The van der Waals surface area contributed by atoms with Crippen molar-refractivity contribution in [1.29, 1.82) is 0 Å². The highest BCUT2D eigenvalue weighted by molar-refractivity contribution is 7.84. The van der Waals surface area contributed by atoms with E-state index in [1.165, 1.54) is 70.6 Å². The fourth-order valence-corrected chi connectivity index (χ4v) is 4.14. The maximum absolute atomic E-state index is 12.0. The van der Waals surface area contributed by atoms with E-state index >= 15 is 0 Å². The maximum Gasteiger partial charge on any atom is 0.222 e. The van der Waals surface area contributed by atoms with Gasteiger partial charge in [0.15, 0.2) is 0 Å². The molecular weight excluding hydrogens is 396 g/mol. The first kappa shape index (κ1) is 24.8. The lowest BCUT2D eigenvalue weighted by Crippen LogP contribution is -2.36. The van der Waals surface area contributed by atoms with Gasteiger partial charge in [0, 0.05) is 38.0 Å². The summed E-state index contributed by atoms with van der Waals surface area (Å²) in [5.74, 6) is 1.71. The number of hydrogen-bond donors (Lipinski definition) is 0. The number of likely N-dealkylation sites (tertiary alicyclic amines) is 1. The average Bonchev–Trinajstić information content (AvgIpc) is 3.66. The lowest BCUT2D eigenvalue weighted by atomic mass is 9.86. The van der Waals surface area contributed by atoms with Crippen LogP contribution in [0, 0.1) is 5.92 Å². The monoisotopic (exact) mass is 436 g/mol. The quantitative estimate of drug-likeness (QED) is 0.624. The standard InChI is InChI=1S/C13H23NO.C8H11NO2S.C3H6/c15-13(14-9-5-2-6-10-14)11-12-7-3-1-4-8-12;1-3-11-8-5-4-7(6-9-8)12(2)10;1-2-3-1/h12H,1-11H2;4-6H,3H2,1-2H3;1-3H2. The van der Waals surface area contributed by atoms with E-state index in [9.17, 15) is 9.00 Å². The van der Waals surface area contributed by atoms with Crippen LogP contribution in [0.1, 0.15) is 84.0 Å². The largest absolute Gasteiger partial charge is 0.478 e. The van der Waals surface area contributed by atoms with Crippen molar-refractivity contribution in [2.75, 3.05) is 26.0 Å². The topological polar surface area (TPSA) is 59.5 Å². The van der Waals surface area contributed by atoms with Crippen LogP contribution >= 0.6 is 0 Å². The number of pyridine rings is 1. The molecule has 2 aliphatic carbocycles. The van der Waals surface area contributed by atoms with Crippen molar-refractivity contribution in [3.63, 3.8) is 0 Å². The first-order chi connectivity index (χ1) is 14.6. The molecule has 3 aliphatic rings. The molecule has 1 aromatic heterocycles. The zero-order valence-electron chi connectivity index (χ0n) is 18.9. The van der Waals surface area contributed by atoms with Crippen LogP contribution in [0.3, 0.4) is 0 Å². The van der Waals surface area contributed by atoms with Crippen molar-refractivity contribution in [3.8, 4) is 5.88 Å². The van der Waals surface area contributed by atoms with Crippen molar-refractivity contribution in [1.82, 2.24) is 9.88 Å². The number of piperidine rings is 1. The van der Waals surface area contributed by atoms with Gasteiger partial charge in [0.1, 0.15) is 0 Å². The number of rotatable bonds is 5. The molecule has 4 rings (SSSR count). The fraction of sp³-hybridized carbons (Fsp3) is 0.750. The number of carbonyl (C=O) groups is 1. The minimum Gasteiger partial charge on any atom is -0.478 e. The van der Waals surface area contributed by atoms with Crippen molar-refractivity contribution in [2.45, 2.75) is 88.9 Å². The van der Waals surface area contributed by atoms with Crippen molar-refractivity contribution < 1.29 is 13.7 Å². The Labute approximate surface area is 185 Å². The number of carbonyl (C=O) groups excluding carboxylic acids is 1. The van der Waals surface area contributed by atoms with Crippen LogP contribution in [0.4, 0.5) is 0 Å². The molecule has 1 amide bonds. The van der Waals surface area contributed by atoms with E-state index < -0.39 is 10.8 Å². The molecule has 2 heterocycles. The molecule has 0 N–H and O–H groups in total. The third-order valence-electron chi connectivity index (χ3n) is 5.58. The minimum absolute atomic E-state index is 0.432. The van der Waals surface area contributed by atoms with E-state index in [2.05, 4.69) is 9.88 Å². The van der Waals surface area contributed by atoms with E-state index in [4.69, 9.17) is 4.74 Å². The van der Waals surface area contributed by atoms with E-state index in [1.807, 2.05) is 6.92 Å². The molecule has 1 saturated heterocycles. The summed E-state index contributed by atoms with van der Waals surface area (Å²) in [4.78, 5) is 18.8. The summed E-state index contributed by atoms with van der Waals surface area (Å²) in [5, 5.41) is 0. The Morgan fingerprint density at radius 3 is 2.13 bits per heavy atom. The summed E-state index contributed by atoms with van der Waals surface area (Å²) < 4.78 is 16.1. The fourth-order valence-electron chi connectivity index (χ4n) is 3.68. The highest BCUT2D eigenvalue weighted by Gasteiger charge is 2.21. The Morgan fingerprint density at radius 2 is 1.63 bits per heavy atom. The first-order valence-electron chi connectivity index (χ1n) is 11.8. The Bertz CT molecular complexity index is 619. The lowest BCUT2D eigenvalue weighted by Gasteiger charge is -2.29. The van der Waals surface area contributed by atoms with Gasteiger partial charge in [0.05, 0.1) is 22.3 Å². The van der Waals surface area contributed by atoms with Gasteiger partial charge in [-0.2, -0.15) is 0 Å². The second-order valence-corrected chi connectivity index (χ2v) is 9.81. The lowest BCUT2D eigenvalue weighted by molar-refractivity contribution is -0.133. The third kappa shape index (κ3) is 10.6. The predicted molar refractivity (Wildman–Crippen MR) is 123 cm³/mol. The molecule has 6 heteroatoms. The van der Waals surface area contributed by atoms with E-state index in [0.717, 1.165) is 24.4 Å². The van der Waals surface area contributed by atoms with E-state index in [-0.39, 0.29) is 0 Å². The number of nitrogens with zero attached hydrogens (tertiary/aromatic N) is 2. The number of hydrogen-bond acceptors (Lipinski definition) is 4. The maximum atomic E-state index is 12.0. The minimum atomic E-state index is -0.959. The molecule has 3 fully saturated rings. The van der Waals surface area contributed by atoms with Crippen LogP contribution in [0.5, 0.6) is 5.88 Å². The van der Waals surface area contributed by atoms with Gasteiger partial charge < -0.3 is 9.64 Å². The number of aromatic nitrogens is 1. The highest BCUT2D eigenvalue weighted by atomic mass is 32.2. The van der Waals surface area contributed by atoms with Crippen LogP contribution < -0.4 is 4.74 Å². The Morgan fingerprint density at radius 1 is 1.03 bits per heavy atom. The number of amides is 1. The second kappa shape index (κ2) is 14.6. The molecular formula is C24H40N2O3S. The molecule has 30 heavy (non-hydrogen) atoms. The summed E-state index contributed by atoms with van der Waals surface area (Å²) >= 11 is 0. The zero-order chi connectivity index (χ0) is 21.6. The molecule has 0 spiro atoms. The predicted octanol–water partition coefficient (Wildman–Crippen LogP) is 5.36. The molecule has 1 aliphatic heterocycles. The van der Waals surface area contributed by atoms with E-state index in [0.29, 0.717) is 24.3 Å². The average molecular weight is 437 g/mol. The molecule has 0 radical (unpaired) electrons. The van der Waals surface area contributed by atoms with E-state index in [1.54, 1.807) is 24.6 Å². The molecule has 5 nitrogen and oxygen atoms in total. The second-order valence-electron chi connectivity index (χ2n) is 8.43. The van der Waals surface area contributed by atoms with Gasteiger partial charge in [-0.05, 0) is 51.0 Å². The molecule has 0 bridgehead atoms. The molecule has 170 valence electrons. The van der Waals surface area contributed by atoms with Gasteiger partial charge in [-0.15, -0.1) is 0 Å². The van der Waals surface area contributed by atoms with Gasteiger partial charge in [-0.25, -0.2) is 4.98 Å². The molecule has 0 aromatic carbocycles. The summed E-state index contributed by atoms with van der Waals surface area (Å²) in [6.45, 7) is 4.53. The van der Waals surface area contributed by atoms with Gasteiger partial charge >= 0.3 is 0 Å². The smallest absolute Gasteiger partial charge is 0.222 e.